The van der Waals surface area contributed by atoms with Crippen molar-refractivity contribution in [3.05, 3.63) is 108 Å². The van der Waals surface area contributed by atoms with E-state index in [4.69, 9.17) is 20.9 Å². The standard InChI is InChI=1S/C25H22N2O3/c26-19-8-7-15-25(17-19,30-21-11-5-2-6-12-21)24(28)18-13-14-23(22(27)16-18)29-20-9-3-1-4-10-20/h1-16H,17,26-27H2. The second-order valence-corrected chi connectivity index (χ2v) is 7.08. The van der Waals surface area contributed by atoms with Crippen LogP contribution in [-0.2, 0) is 0 Å². The van der Waals surface area contributed by atoms with E-state index >= 15 is 0 Å². The number of rotatable bonds is 6. The van der Waals surface area contributed by atoms with Crippen molar-refractivity contribution < 1.29 is 14.3 Å². The molecule has 3 aromatic rings. The Morgan fingerprint density at radius 1 is 0.867 bits per heavy atom. The van der Waals surface area contributed by atoms with Gasteiger partial charge >= 0.3 is 0 Å². The van der Waals surface area contributed by atoms with Crippen molar-refractivity contribution >= 4 is 11.5 Å². The third kappa shape index (κ3) is 4.05. The van der Waals surface area contributed by atoms with E-state index in [0.29, 0.717) is 34.2 Å². The second-order valence-electron chi connectivity index (χ2n) is 7.08. The van der Waals surface area contributed by atoms with E-state index < -0.39 is 5.60 Å². The topological polar surface area (TPSA) is 87.6 Å². The predicted octanol–water partition coefficient (Wildman–Crippen LogP) is 4.86. The molecule has 5 heteroatoms. The zero-order chi connectivity index (χ0) is 21.0. The summed E-state index contributed by atoms with van der Waals surface area (Å²) in [6, 6.07) is 23.5. The number of ether oxygens (including phenoxy) is 2. The lowest BCUT2D eigenvalue weighted by Gasteiger charge is -2.32. The molecular weight excluding hydrogens is 376 g/mol. The Labute approximate surface area is 175 Å². The minimum atomic E-state index is -1.24. The van der Waals surface area contributed by atoms with Gasteiger partial charge < -0.3 is 20.9 Å². The summed E-state index contributed by atoms with van der Waals surface area (Å²) in [4.78, 5) is 13.5. The number of benzene rings is 3. The molecule has 1 aliphatic rings. The normalized spacial score (nSPS) is 17.8. The summed E-state index contributed by atoms with van der Waals surface area (Å²) in [6.07, 6.45) is 5.50. The summed E-state index contributed by atoms with van der Waals surface area (Å²) in [7, 11) is 0. The Hall–Kier alpha value is -3.99. The molecule has 4 rings (SSSR count). The van der Waals surface area contributed by atoms with Crippen LogP contribution in [0, 0.1) is 0 Å². The second kappa shape index (κ2) is 8.17. The molecule has 0 saturated carbocycles. The molecule has 5 nitrogen and oxygen atoms in total. The van der Waals surface area contributed by atoms with Crippen LogP contribution in [0.2, 0.25) is 0 Å². The summed E-state index contributed by atoms with van der Waals surface area (Å²) < 4.78 is 12.0. The fourth-order valence-electron chi connectivity index (χ4n) is 3.36. The summed E-state index contributed by atoms with van der Waals surface area (Å²) in [5, 5.41) is 0. The average molecular weight is 398 g/mol. The number of ketones is 1. The smallest absolute Gasteiger partial charge is 0.210 e. The van der Waals surface area contributed by atoms with Crippen LogP contribution in [0.1, 0.15) is 16.8 Å². The minimum absolute atomic E-state index is 0.225. The number of Topliss-reactive ketones (excluding diaryl/α,β-unsaturated/α-hetero) is 1. The average Bonchev–Trinajstić information content (AvgIpc) is 2.76. The Balaban J connectivity index is 1.64. The Bertz CT molecular complexity index is 1110. The van der Waals surface area contributed by atoms with Gasteiger partial charge in [0.15, 0.2) is 5.60 Å². The number of hydrogen-bond donors (Lipinski definition) is 2. The van der Waals surface area contributed by atoms with E-state index in [1.165, 1.54) is 0 Å². The lowest BCUT2D eigenvalue weighted by Crippen LogP contribution is -2.45. The lowest BCUT2D eigenvalue weighted by atomic mass is 9.85. The first-order chi connectivity index (χ1) is 14.6. The van der Waals surface area contributed by atoms with Gasteiger partial charge in [-0.15, -0.1) is 0 Å². The molecule has 30 heavy (non-hydrogen) atoms. The van der Waals surface area contributed by atoms with E-state index in [2.05, 4.69) is 0 Å². The monoisotopic (exact) mass is 398 g/mol. The van der Waals surface area contributed by atoms with Crippen molar-refractivity contribution in [1.82, 2.24) is 0 Å². The highest BCUT2D eigenvalue weighted by molar-refractivity contribution is 6.05. The number of allylic oxidation sites excluding steroid dienone is 2. The zero-order valence-corrected chi connectivity index (χ0v) is 16.3. The van der Waals surface area contributed by atoms with E-state index in [1.54, 1.807) is 36.4 Å². The zero-order valence-electron chi connectivity index (χ0n) is 16.3. The molecule has 1 atom stereocenters. The highest BCUT2D eigenvalue weighted by Crippen LogP contribution is 2.34. The van der Waals surface area contributed by atoms with Gasteiger partial charge in [0.25, 0.3) is 0 Å². The van der Waals surface area contributed by atoms with Crippen molar-refractivity contribution in [3.63, 3.8) is 0 Å². The maximum Gasteiger partial charge on any atom is 0.210 e. The van der Waals surface area contributed by atoms with E-state index in [-0.39, 0.29) is 12.2 Å². The van der Waals surface area contributed by atoms with Crippen LogP contribution >= 0.6 is 0 Å². The molecule has 0 radical (unpaired) electrons. The molecule has 3 aromatic carbocycles. The molecule has 0 spiro atoms. The van der Waals surface area contributed by atoms with Gasteiger partial charge in [0.1, 0.15) is 17.2 Å². The predicted molar refractivity (Wildman–Crippen MR) is 118 cm³/mol. The first-order valence-corrected chi connectivity index (χ1v) is 9.61. The SMILES string of the molecule is NC1=CC=CC(Oc2ccccc2)(C(=O)c2ccc(Oc3ccccc3)c(N)c2)C1. The number of anilines is 1. The fraction of sp³-hybridized carbons (Fsp3) is 0.0800. The number of nitrogen functional groups attached to an aromatic ring is 1. The molecule has 0 amide bonds. The van der Waals surface area contributed by atoms with E-state index in [1.807, 2.05) is 60.7 Å². The van der Waals surface area contributed by atoms with Gasteiger partial charge in [0.05, 0.1) is 5.69 Å². The maximum absolute atomic E-state index is 13.5. The van der Waals surface area contributed by atoms with Crippen LogP contribution in [0.15, 0.2) is 103 Å². The van der Waals surface area contributed by atoms with E-state index in [0.717, 1.165) is 0 Å². The molecule has 0 heterocycles. The summed E-state index contributed by atoms with van der Waals surface area (Å²) in [5.41, 5.74) is 12.4. The minimum Gasteiger partial charge on any atom is -0.475 e. The van der Waals surface area contributed by atoms with Crippen LogP contribution < -0.4 is 20.9 Å². The molecule has 0 aliphatic heterocycles. The van der Waals surface area contributed by atoms with E-state index in [9.17, 15) is 4.79 Å². The number of carbonyl (C=O) groups is 1. The molecule has 0 bridgehead atoms. The highest BCUT2D eigenvalue weighted by Gasteiger charge is 2.40. The van der Waals surface area contributed by atoms with Gasteiger partial charge in [-0.25, -0.2) is 0 Å². The van der Waals surface area contributed by atoms with Crippen molar-refractivity contribution in [2.45, 2.75) is 12.0 Å². The molecule has 0 aromatic heterocycles. The highest BCUT2D eigenvalue weighted by atomic mass is 16.5. The summed E-state index contributed by atoms with van der Waals surface area (Å²) >= 11 is 0. The Kier molecular flexibility index (Phi) is 5.26. The maximum atomic E-state index is 13.5. The molecule has 1 aliphatic carbocycles. The van der Waals surface area contributed by atoms with Crippen LogP contribution in [0.25, 0.3) is 0 Å². The Morgan fingerprint density at radius 3 is 2.17 bits per heavy atom. The lowest BCUT2D eigenvalue weighted by molar-refractivity contribution is 0.0612. The first kappa shape index (κ1) is 19.3. The summed E-state index contributed by atoms with van der Waals surface area (Å²) in [5.74, 6) is 1.51. The number of carbonyl (C=O) groups excluding carboxylic acids is 1. The van der Waals surface area contributed by atoms with Gasteiger partial charge in [-0.2, -0.15) is 0 Å². The third-order valence-electron chi connectivity index (χ3n) is 4.81. The van der Waals surface area contributed by atoms with Gasteiger partial charge in [-0.3, -0.25) is 4.79 Å². The van der Waals surface area contributed by atoms with Gasteiger partial charge in [0.2, 0.25) is 5.78 Å². The molecule has 4 N–H and O–H groups in total. The van der Waals surface area contributed by atoms with Crippen molar-refractivity contribution in [3.8, 4) is 17.2 Å². The third-order valence-corrected chi connectivity index (χ3v) is 4.81. The van der Waals surface area contributed by atoms with Crippen LogP contribution in [0.3, 0.4) is 0 Å². The van der Waals surface area contributed by atoms with Crippen molar-refractivity contribution in [2.24, 2.45) is 5.73 Å². The Morgan fingerprint density at radius 2 is 1.53 bits per heavy atom. The molecular formula is C25H22N2O3. The van der Waals surface area contributed by atoms with Crippen LogP contribution in [0.5, 0.6) is 17.2 Å². The first-order valence-electron chi connectivity index (χ1n) is 9.61. The quantitative estimate of drug-likeness (QED) is 0.457. The number of nitrogens with two attached hydrogens (primary N) is 2. The van der Waals surface area contributed by atoms with Crippen LogP contribution in [-0.4, -0.2) is 11.4 Å². The molecule has 1 unspecified atom stereocenters. The van der Waals surface area contributed by atoms with Crippen molar-refractivity contribution in [2.75, 3.05) is 5.73 Å². The fourth-order valence-corrected chi connectivity index (χ4v) is 3.36. The molecule has 0 fully saturated rings. The summed E-state index contributed by atoms with van der Waals surface area (Å²) in [6.45, 7) is 0. The van der Waals surface area contributed by atoms with Crippen LogP contribution in [0.4, 0.5) is 5.69 Å². The van der Waals surface area contributed by atoms with Gasteiger partial charge in [-0.1, -0.05) is 42.5 Å². The molecule has 0 saturated heterocycles. The number of para-hydroxylation sites is 2. The molecule has 150 valence electrons. The number of hydrogen-bond acceptors (Lipinski definition) is 5. The largest absolute Gasteiger partial charge is 0.475 e. The van der Waals surface area contributed by atoms with Gasteiger partial charge in [0, 0.05) is 17.7 Å². The van der Waals surface area contributed by atoms with Crippen molar-refractivity contribution in [1.29, 1.82) is 0 Å². The van der Waals surface area contributed by atoms with Gasteiger partial charge in [-0.05, 0) is 54.6 Å².